The number of guanidine groups is 1. The Bertz CT molecular complexity index is 1010. The Balaban J connectivity index is 1.62. The molecular weight excluding hydrogens is 396 g/mol. The van der Waals surface area contributed by atoms with Gasteiger partial charge in [0, 0.05) is 19.5 Å². The number of anilines is 1. The number of hydrogen-bond donors (Lipinski definition) is 2. The Morgan fingerprint density at radius 2 is 1.61 bits per heavy atom. The van der Waals surface area contributed by atoms with Crippen molar-refractivity contribution in [2.75, 3.05) is 11.9 Å². The average molecular weight is 420 g/mol. The van der Waals surface area contributed by atoms with Gasteiger partial charge in [-0.1, -0.05) is 30.3 Å². The standard InChI is InChI=1S/C23H24N4O4/c1-15(28)24-18-10-12-19(13-11-18)31-14-6-9-20-21(17-7-4-3-5-8-17)26-23(25-16(2)29)27-22(20)30/h3-5,7-8,10-13,20H,6,9,14H2,1-2H3,(H,24,28)(H,25,27,29,30). The largest absolute Gasteiger partial charge is 0.494 e. The summed E-state index contributed by atoms with van der Waals surface area (Å²) in [6, 6.07) is 16.5. The summed E-state index contributed by atoms with van der Waals surface area (Å²) in [6.45, 7) is 3.21. The SMILES string of the molecule is CC(=O)NC1=NC(=O)C(CCCOc2ccc(NC(C)=O)cc2)C(c2ccccc2)=N1. The molecule has 1 atom stereocenters. The molecule has 160 valence electrons. The highest BCUT2D eigenvalue weighted by Crippen LogP contribution is 2.22. The second kappa shape index (κ2) is 10.3. The lowest BCUT2D eigenvalue weighted by molar-refractivity contribution is -0.120. The normalized spacial score (nSPS) is 15.5. The lowest BCUT2D eigenvalue weighted by Gasteiger charge is -2.21. The van der Waals surface area contributed by atoms with Crippen molar-refractivity contribution in [3.63, 3.8) is 0 Å². The number of amides is 3. The quantitative estimate of drug-likeness (QED) is 0.671. The third kappa shape index (κ3) is 6.33. The second-order valence-corrected chi connectivity index (χ2v) is 7.07. The van der Waals surface area contributed by atoms with Gasteiger partial charge in [0.2, 0.25) is 17.8 Å². The number of hydrogen-bond acceptors (Lipinski definition) is 5. The molecule has 3 amide bonds. The number of aliphatic imine (C=N–C) groups is 2. The Labute approximate surface area is 180 Å². The van der Waals surface area contributed by atoms with Gasteiger partial charge in [-0.25, -0.2) is 4.99 Å². The first-order valence-corrected chi connectivity index (χ1v) is 9.97. The van der Waals surface area contributed by atoms with Crippen LogP contribution in [0.1, 0.15) is 32.3 Å². The number of carbonyl (C=O) groups excluding carboxylic acids is 3. The van der Waals surface area contributed by atoms with Crippen molar-refractivity contribution in [3.8, 4) is 5.75 Å². The second-order valence-electron chi connectivity index (χ2n) is 7.07. The fourth-order valence-electron chi connectivity index (χ4n) is 3.18. The molecule has 0 aliphatic carbocycles. The number of rotatable bonds is 7. The van der Waals surface area contributed by atoms with E-state index in [4.69, 9.17) is 4.74 Å². The summed E-state index contributed by atoms with van der Waals surface area (Å²) in [6.07, 6.45) is 1.12. The topological polar surface area (TPSA) is 109 Å². The highest BCUT2D eigenvalue weighted by atomic mass is 16.5. The molecule has 0 aromatic heterocycles. The zero-order valence-electron chi connectivity index (χ0n) is 17.4. The van der Waals surface area contributed by atoms with Gasteiger partial charge in [-0.2, -0.15) is 4.99 Å². The summed E-state index contributed by atoms with van der Waals surface area (Å²) < 4.78 is 5.75. The predicted molar refractivity (Wildman–Crippen MR) is 118 cm³/mol. The van der Waals surface area contributed by atoms with Gasteiger partial charge in [-0.3, -0.25) is 19.7 Å². The first kappa shape index (κ1) is 21.9. The van der Waals surface area contributed by atoms with Gasteiger partial charge in [0.05, 0.1) is 18.2 Å². The van der Waals surface area contributed by atoms with Crippen LogP contribution in [-0.4, -0.2) is 36.0 Å². The summed E-state index contributed by atoms with van der Waals surface area (Å²) in [5.41, 5.74) is 2.10. The molecule has 0 bridgehead atoms. The minimum Gasteiger partial charge on any atom is -0.494 e. The van der Waals surface area contributed by atoms with Crippen molar-refractivity contribution < 1.29 is 19.1 Å². The highest BCUT2D eigenvalue weighted by molar-refractivity contribution is 6.22. The fourth-order valence-corrected chi connectivity index (χ4v) is 3.18. The summed E-state index contributed by atoms with van der Waals surface area (Å²) in [4.78, 5) is 43.5. The number of nitrogens with one attached hydrogen (secondary N) is 2. The molecule has 1 aliphatic heterocycles. The molecule has 8 nitrogen and oxygen atoms in total. The molecule has 2 aromatic rings. The van der Waals surface area contributed by atoms with E-state index in [1.54, 1.807) is 24.3 Å². The van der Waals surface area contributed by atoms with Crippen molar-refractivity contribution in [1.29, 1.82) is 0 Å². The van der Waals surface area contributed by atoms with E-state index >= 15 is 0 Å². The number of ether oxygens (including phenoxy) is 1. The molecule has 31 heavy (non-hydrogen) atoms. The molecule has 0 spiro atoms. The molecule has 2 aromatic carbocycles. The van der Waals surface area contributed by atoms with Gasteiger partial charge >= 0.3 is 0 Å². The first-order chi connectivity index (χ1) is 14.9. The molecule has 8 heteroatoms. The summed E-state index contributed by atoms with van der Waals surface area (Å²) in [5.74, 6) is -0.622. The van der Waals surface area contributed by atoms with Crippen LogP contribution in [0.25, 0.3) is 0 Å². The summed E-state index contributed by atoms with van der Waals surface area (Å²) >= 11 is 0. The molecular formula is C23H24N4O4. The third-order valence-electron chi connectivity index (χ3n) is 4.51. The van der Waals surface area contributed by atoms with Crippen molar-refractivity contribution in [2.24, 2.45) is 15.9 Å². The Morgan fingerprint density at radius 1 is 0.935 bits per heavy atom. The minimum atomic E-state index is -0.509. The maximum Gasteiger partial charge on any atom is 0.258 e. The molecule has 1 aliphatic rings. The first-order valence-electron chi connectivity index (χ1n) is 9.97. The van der Waals surface area contributed by atoms with Gasteiger partial charge < -0.3 is 10.1 Å². The van der Waals surface area contributed by atoms with Crippen LogP contribution in [0.15, 0.2) is 64.6 Å². The molecule has 0 saturated heterocycles. The Kier molecular flexibility index (Phi) is 7.26. The van der Waals surface area contributed by atoms with E-state index in [0.29, 0.717) is 36.6 Å². The van der Waals surface area contributed by atoms with Crippen molar-refractivity contribution in [3.05, 3.63) is 60.2 Å². The van der Waals surface area contributed by atoms with Crippen LogP contribution in [0.4, 0.5) is 5.69 Å². The molecule has 0 saturated carbocycles. The van der Waals surface area contributed by atoms with Crippen LogP contribution in [0.5, 0.6) is 5.75 Å². The van der Waals surface area contributed by atoms with Gasteiger partial charge in [0.1, 0.15) is 5.75 Å². The smallest absolute Gasteiger partial charge is 0.258 e. The van der Waals surface area contributed by atoms with Crippen molar-refractivity contribution in [2.45, 2.75) is 26.7 Å². The monoisotopic (exact) mass is 420 g/mol. The van der Waals surface area contributed by atoms with Crippen LogP contribution in [0.2, 0.25) is 0 Å². The van der Waals surface area contributed by atoms with Crippen molar-refractivity contribution >= 4 is 35.1 Å². The van der Waals surface area contributed by atoms with E-state index in [0.717, 1.165) is 5.56 Å². The van der Waals surface area contributed by atoms with E-state index in [1.807, 2.05) is 30.3 Å². The van der Waals surface area contributed by atoms with Crippen LogP contribution >= 0.6 is 0 Å². The highest BCUT2D eigenvalue weighted by Gasteiger charge is 2.29. The molecule has 2 N–H and O–H groups in total. The van der Waals surface area contributed by atoms with Crippen LogP contribution < -0.4 is 15.4 Å². The lowest BCUT2D eigenvalue weighted by atomic mass is 9.91. The lowest BCUT2D eigenvalue weighted by Crippen LogP contribution is -2.36. The van der Waals surface area contributed by atoms with Crippen LogP contribution in [0, 0.1) is 5.92 Å². The maximum atomic E-state index is 12.7. The van der Waals surface area contributed by atoms with E-state index in [2.05, 4.69) is 20.6 Å². The number of nitrogens with zero attached hydrogens (tertiary/aromatic N) is 2. The zero-order valence-corrected chi connectivity index (χ0v) is 17.4. The molecule has 0 fully saturated rings. The van der Waals surface area contributed by atoms with E-state index in [9.17, 15) is 14.4 Å². The third-order valence-corrected chi connectivity index (χ3v) is 4.51. The van der Waals surface area contributed by atoms with Gasteiger partial charge in [-0.15, -0.1) is 0 Å². The van der Waals surface area contributed by atoms with E-state index < -0.39 is 5.92 Å². The minimum absolute atomic E-state index is 0.0168. The Hall–Kier alpha value is -3.81. The van der Waals surface area contributed by atoms with Crippen LogP contribution in [-0.2, 0) is 14.4 Å². The summed E-state index contributed by atoms with van der Waals surface area (Å²) in [5, 5.41) is 5.19. The predicted octanol–water partition coefficient (Wildman–Crippen LogP) is 2.94. The van der Waals surface area contributed by atoms with Gasteiger partial charge in [0.15, 0.2) is 0 Å². The maximum absolute atomic E-state index is 12.7. The number of benzene rings is 2. The van der Waals surface area contributed by atoms with E-state index in [1.165, 1.54) is 13.8 Å². The zero-order chi connectivity index (χ0) is 22.2. The van der Waals surface area contributed by atoms with Crippen molar-refractivity contribution in [1.82, 2.24) is 5.32 Å². The van der Waals surface area contributed by atoms with Gasteiger partial charge in [-0.05, 0) is 42.7 Å². The molecule has 0 radical (unpaired) electrons. The number of carbonyl (C=O) groups is 3. The van der Waals surface area contributed by atoms with E-state index in [-0.39, 0.29) is 23.7 Å². The Morgan fingerprint density at radius 3 is 2.26 bits per heavy atom. The molecule has 1 heterocycles. The van der Waals surface area contributed by atoms with Gasteiger partial charge in [0.25, 0.3) is 5.91 Å². The fraction of sp³-hybridized carbons (Fsp3) is 0.261. The molecule has 1 unspecified atom stereocenters. The average Bonchev–Trinajstić information content (AvgIpc) is 2.73. The van der Waals surface area contributed by atoms with Crippen LogP contribution in [0.3, 0.4) is 0 Å². The summed E-state index contributed by atoms with van der Waals surface area (Å²) in [7, 11) is 0. The molecule has 3 rings (SSSR count).